The van der Waals surface area contributed by atoms with Gasteiger partial charge in [-0.3, -0.25) is 9.48 Å². The smallest absolute Gasteiger partial charge is 0.168 e. The quantitative estimate of drug-likeness (QED) is 0.782. The molecule has 0 atom stereocenters. The Balaban J connectivity index is 2.14. The Kier molecular flexibility index (Phi) is 3.73. The van der Waals surface area contributed by atoms with E-state index in [1.807, 2.05) is 37.4 Å². The Morgan fingerprint density at radius 1 is 1.23 bits per heavy atom. The molecule has 22 heavy (non-hydrogen) atoms. The lowest BCUT2D eigenvalue weighted by atomic mass is 9.76. The van der Waals surface area contributed by atoms with Gasteiger partial charge in [-0.25, -0.2) is 0 Å². The molecule has 0 amide bonds. The van der Waals surface area contributed by atoms with Crippen LogP contribution in [0.15, 0.2) is 36.4 Å². The van der Waals surface area contributed by atoms with Gasteiger partial charge in [0.05, 0.1) is 0 Å². The van der Waals surface area contributed by atoms with Gasteiger partial charge in [0.2, 0.25) is 0 Å². The van der Waals surface area contributed by atoms with Crippen LogP contribution in [0.1, 0.15) is 49.2 Å². The molecule has 0 saturated carbocycles. The summed E-state index contributed by atoms with van der Waals surface area (Å²) in [5, 5.41) is 4.61. The molecule has 1 aliphatic rings. The normalized spacial score (nSPS) is 17.1. The molecule has 0 N–H and O–H groups in total. The van der Waals surface area contributed by atoms with E-state index in [9.17, 15) is 4.79 Å². The molecule has 114 valence electrons. The van der Waals surface area contributed by atoms with Crippen molar-refractivity contribution in [2.75, 3.05) is 0 Å². The van der Waals surface area contributed by atoms with Crippen LogP contribution in [0.2, 0.25) is 0 Å². The predicted octanol–water partition coefficient (Wildman–Crippen LogP) is 4.49. The third-order valence-electron chi connectivity index (χ3n) is 4.54. The molecule has 1 aromatic carbocycles. The highest BCUT2D eigenvalue weighted by atomic mass is 16.1. The standard InChI is InChI=1S/C19H22N2O/c1-19(2)11-9-14(10-12-19)17-16(13-22)21(3)20-18(17)15-7-5-4-6-8-15/h4-9,13H,10-12H2,1-3H3. The van der Waals surface area contributed by atoms with Crippen molar-refractivity contribution < 1.29 is 4.79 Å². The van der Waals surface area contributed by atoms with E-state index in [2.05, 4.69) is 25.0 Å². The molecule has 2 aromatic rings. The SMILES string of the molecule is Cn1nc(-c2ccccc2)c(C2=CCC(C)(C)CC2)c1C=O. The van der Waals surface area contributed by atoms with Crippen LogP contribution >= 0.6 is 0 Å². The average Bonchev–Trinajstić information content (AvgIpc) is 2.85. The van der Waals surface area contributed by atoms with Gasteiger partial charge in [-0.05, 0) is 30.3 Å². The van der Waals surface area contributed by atoms with Crippen molar-refractivity contribution in [1.29, 1.82) is 0 Å². The molecule has 0 aliphatic heterocycles. The van der Waals surface area contributed by atoms with Crippen LogP contribution in [0.4, 0.5) is 0 Å². The second-order valence-corrected chi connectivity index (χ2v) is 6.81. The van der Waals surface area contributed by atoms with E-state index >= 15 is 0 Å². The summed E-state index contributed by atoms with van der Waals surface area (Å²) in [6.45, 7) is 4.59. The second kappa shape index (κ2) is 5.56. The molecule has 3 heteroatoms. The minimum Gasteiger partial charge on any atom is -0.296 e. The summed E-state index contributed by atoms with van der Waals surface area (Å²) < 4.78 is 1.70. The minimum atomic E-state index is 0.347. The van der Waals surface area contributed by atoms with Crippen molar-refractivity contribution in [3.63, 3.8) is 0 Å². The van der Waals surface area contributed by atoms with Gasteiger partial charge in [-0.1, -0.05) is 50.3 Å². The van der Waals surface area contributed by atoms with Gasteiger partial charge in [0.15, 0.2) is 6.29 Å². The molecule has 3 rings (SSSR count). The first-order chi connectivity index (χ1) is 10.5. The Morgan fingerprint density at radius 3 is 2.55 bits per heavy atom. The molecule has 1 aliphatic carbocycles. The van der Waals surface area contributed by atoms with Crippen LogP contribution in [-0.4, -0.2) is 16.1 Å². The molecule has 0 bridgehead atoms. The number of hydrogen-bond acceptors (Lipinski definition) is 2. The van der Waals surface area contributed by atoms with E-state index in [0.29, 0.717) is 11.1 Å². The van der Waals surface area contributed by atoms with Crippen LogP contribution < -0.4 is 0 Å². The fraction of sp³-hybridized carbons (Fsp3) is 0.368. The summed E-state index contributed by atoms with van der Waals surface area (Å²) in [4.78, 5) is 11.6. The van der Waals surface area contributed by atoms with Crippen molar-refractivity contribution in [3.05, 3.63) is 47.7 Å². The largest absolute Gasteiger partial charge is 0.296 e. The Morgan fingerprint density at radius 2 is 1.95 bits per heavy atom. The number of aldehydes is 1. The second-order valence-electron chi connectivity index (χ2n) is 6.81. The van der Waals surface area contributed by atoms with Gasteiger partial charge in [0.25, 0.3) is 0 Å². The zero-order valence-corrected chi connectivity index (χ0v) is 13.5. The number of aromatic nitrogens is 2. The fourth-order valence-corrected chi connectivity index (χ4v) is 3.09. The number of rotatable bonds is 3. The third-order valence-corrected chi connectivity index (χ3v) is 4.54. The molecule has 1 heterocycles. The molecular weight excluding hydrogens is 272 g/mol. The third kappa shape index (κ3) is 2.63. The van der Waals surface area contributed by atoms with Gasteiger partial charge in [-0.15, -0.1) is 0 Å². The van der Waals surface area contributed by atoms with Gasteiger partial charge in [0, 0.05) is 18.2 Å². The maximum Gasteiger partial charge on any atom is 0.168 e. The number of nitrogens with zero attached hydrogens (tertiary/aromatic N) is 2. The van der Waals surface area contributed by atoms with Gasteiger partial charge in [-0.2, -0.15) is 5.10 Å². The minimum absolute atomic E-state index is 0.347. The van der Waals surface area contributed by atoms with E-state index in [-0.39, 0.29) is 0 Å². The van der Waals surface area contributed by atoms with Crippen molar-refractivity contribution in [2.24, 2.45) is 12.5 Å². The molecule has 0 saturated heterocycles. The lowest BCUT2D eigenvalue weighted by Crippen LogP contribution is -2.14. The summed E-state index contributed by atoms with van der Waals surface area (Å²) in [5.74, 6) is 0. The van der Waals surface area contributed by atoms with Crippen LogP contribution in [-0.2, 0) is 7.05 Å². The fourth-order valence-electron chi connectivity index (χ4n) is 3.09. The molecule has 0 fully saturated rings. The molecule has 0 spiro atoms. The lowest BCUT2D eigenvalue weighted by molar-refractivity contribution is 0.111. The topological polar surface area (TPSA) is 34.9 Å². The van der Waals surface area contributed by atoms with E-state index in [1.165, 1.54) is 5.57 Å². The summed E-state index contributed by atoms with van der Waals surface area (Å²) in [7, 11) is 1.84. The van der Waals surface area contributed by atoms with E-state index in [4.69, 9.17) is 0 Å². The van der Waals surface area contributed by atoms with E-state index < -0.39 is 0 Å². The molecule has 0 unspecified atom stereocenters. The monoisotopic (exact) mass is 294 g/mol. The highest BCUT2D eigenvalue weighted by molar-refractivity contribution is 5.90. The van der Waals surface area contributed by atoms with Gasteiger partial charge < -0.3 is 0 Å². The predicted molar refractivity (Wildman–Crippen MR) is 89.6 cm³/mol. The lowest BCUT2D eigenvalue weighted by Gasteiger charge is -2.28. The van der Waals surface area contributed by atoms with Crippen molar-refractivity contribution in [2.45, 2.75) is 33.1 Å². The number of aryl methyl sites for hydroxylation is 1. The van der Waals surface area contributed by atoms with E-state index in [1.54, 1.807) is 4.68 Å². The van der Waals surface area contributed by atoms with Crippen LogP contribution in [0, 0.1) is 5.41 Å². The van der Waals surface area contributed by atoms with Gasteiger partial charge >= 0.3 is 0 Å². The Hall–Kier alpha value is -2.16. The first-order valence-electron chi connectivity index (χ1n) is 7.79. The number of benzene rings is 1. The van der Waals surface area contributed by atoms with Crippen LogP contribution in [0.25, 0.3) is 16.8 Å². The zero-order valence-electron chi connectivity index (χ0n) is 13.5. The molecular formula is C19H22N2O. The maximum atomic E-state index is 11.6. The molecule has 0 radical (unpaired) electrons. The number of carbonyl (C=O) groups is 1. The first kappa shape index (κ1) is 14.8. The van der Waals surface area contributed by atoms with Gasteiger partial charge in [0.1, 0.15) is 11.4 Å². The summed E-state index contributed by atoms with van der Waals surface area (Å²) in [6.07, 6.45) is 6.40. The number of carbonyl (C=O) groups excluding carboxylic acids is 1. The number of allylic oxidation sites excluding steroid dienone is 2. The van der Waals surface area contributed by atoms with Crippen molar-refractivity contribution in [3.8, 4) is 11.3 Å². The number of hydrogen-bond donors (Lipinski definition) is 0. The summed E-state index contributed by atoms with van der Waals surface area (Å²) in [5.41, 5.74) is 5.26. The van der Waals surface area contributed by atoms with E-state index in [0.717, 1.165) is 42.4 Å². The molecule has 1 aromatic heterocycles. The highest BCUT2D eigenvalue weighted by Crippen LogP contribution is 2.41. The van der Waals surface area contributed by atoms with Crippen molar-refractivity contribution >= 4 is 11.9 Å². The van der Waals surface area contributed by atoms with Crippen LogP contribution in [0.5, 0.6) is 0 Å². The highest BCUT2D eigenvalue weighted by Gasteiger charge is 2.26. The Bertz CT molecular complexity index is 723. The first-order valence-corrected chi connectivity index (χ1v) is 7.79. The average molecular weight is 294 g/mol. The Labute approximate surface area is 131 Å². The summed E-state index contributed by atoms with van der Waals surface area (Å²) in [6, 6.07) is 10.1. The van der Waals surface area contributed by atoms with Crippen LogP contribution in [0.3, 0.4) is 0 Å². The zero-order chi connectivity index (χ0) is 15.7. The summed E-state index contributed by atoms with van der Waals surface area (Å²) >= 11 is 0. The maximum absolute atomic E-state index is 11.6. The van der Waals surface area contributed by atoms with Crippen molar-refractivity contribution in [1.82, 2.24) is 9.78 Å². The molecule has 3 nitrogen and oxygen atoms in total.